The van der Waals surface area contributed by atoms with Crippen LogP contribution in [0, 0.1) is 18.6 Å². The molecule has 0 radical (unpaired) electrons. The van der Waals surface area contributed by atoms with Gasteiger partial charge in [0.2, 0.25) is 0 Å². The van der Waals surface area contributed by atoms with Crippen LogP contribution in [0.25, 0.3) is 22.4 Å². The lowest BCUT2D eigenvalue weighted by Crippen LogP contribution is -2.27. The standard InChI is InChI=1S/C23H22F2N2O/c1-14-8-9-21(28)18(11-14)20-12-16(17-6-3-7-19(24)23(17)25)13-22(26-20)27-10-4-5-15(27)2/h3,6-9,11-13,15,28H,4-5,10H2,1-2H3. The lowest BCUT2D eigenvalue weighted by molar-refractivity contribution is 0.477. The Morgan fingerprint density at radius 3 is 2.64 bits per heavy atom. The van der Waals surface area contributed by atoms with E-state index >= 15 is 0 Å². The SMILES string of the molecule is Cc1ccc(O)c(-c2cc(-c3cccc(F)c3F)cc(N3CCCC3C)n2)c1. The summed E-state index contributed by atoms with van der Waals surface area (Å²) in [5, 5.41) is 10.4. The number of pyridine rings is 1. The molecule has 0 spiro atoms. The highest BCUT2D eigenvalue weighted by molar-refractivity contribution is 5.77. The van der Waals surface area contributed by atoms with Gasteiger partial charge in [-0.2, -0.15) is 0 Å². The van der Waals surface area contributed by atoms with E-state index in [0.717, 1.165) is 31.0 Å². The second-order valence-electron chi connectivity index (χ2n) is 7.41. The van der Waals surface area contributed by atoms with Crippen molar-refractivity contribution in [1.29, 1.82) is 0 Å². The fourth-order valence-electron chi connectivity index (χ4n) is 3.81. The first kappa shape index (κ1) is 18.4. The van der Waals surface area contributed by atoms with E-state index in [4.69, 9.17) is 4.98 Å². The zero-order chi connectivity index (χ0) is 19.8. The first-order valence-electron chi connectivity index (χ1n) is 9.47. The highest BCUT2D eigenvalue weighted by atomic mass is 19.2. The summed E-state index contributed by atoms with van der Waals surface area (Å²) < 4.78 is 28.3. The summed E-state index contributed by atoms with van der Waals surface area (Å²) in [7, 11) is 0. The zero-order valence-corrected chi connectivity index (χ0v) is 15.9. The van der Waals surface area contributed by atoms with E-state index in [1.807, 2.05) is 19.1 Å². The molecule has 1 aliphatic heterocycles. The lowest BCUT2D eigenvalue weighted by Gasteiger charge is -2.24. The number of rotatable bonds is 3. The summed E-state index contributed by atoms with van der Waals surface area (Å²) in [5.41, 5.74) is 2.82. The Balaban J connectivity index is 1.93. The van der Waals surface area contributed by atoms with Crippen LogP contribution in [0.4, 0.5) is 14.6 Å². The van der Waals surface area contributed by atoms with Crippen molar-refractivity contribution < 1.29 is 13.9 Å². The maximum absolute atomic E-state index is 14.5. The van der Waals surface area contributed by atoms with E-state index in [-0.39, 0.29) is 11.3 Å². The molecule has 1 N–H and O–H groups in total. The Morgan fingerprint density at radius 1 is 1.07 bits per heavy atom. The molecule has 1 unspecified atom stereocenters. The average molecular weight is 380 g/mol. The molecule has 0 bridgehead atoms. The maximum Gasteiger partial charge on any atom is 0.166 e. The van der Waals surface area contributed by atoms with E-state index in [9.17, 15) is 13.9 Å². The van der Waals surface area contributed by atoms with Gasteiger partial charge >= 0.3 is 0 Å². The normalized spacial score (nSPS) is 16.6. The zero-order valence-electron chi connectivity index (χ0n) is 15.9. The third-order valence-corrected chi connectivity index (χ3v) is 5.35. The molecule has 0 amide bonds. The van der Waals surface area contributed by atoms with Gasteiger partial charge in [-0.25, -0.2) is 13.8 Å². The predicted octanol–water partition coefficient (Wildman–Crippen LogP) is 5.70. The molecule has 4 rings (SSSR count). The van der Waals surface area contributed by atoms with Crippen LogP contribution >= 0.6 is 0 Å². The quantitative estimate of drug-likeness (QED) is 0.633. The van der Waals surface area contributed by atoms with Crippen molar-refractivity contribution in [2.24, 2.45) is 0 Å². The van der Waals surface area contributed by atoms with Gasteiger partial charge in [-0.15, -0.1) is 0 Å². The van der Waals surface area contributed by atoms with Gasteiger partial charge in [0.1, 0.15) is 11.6 Å². The minimum absolute atomic E-state index is 0.107. The summed E-state index contributed by atoms with van der Waals surface area (Å²) in [6, 6.07) is 13.3. The Labute approximate surface area is 163 Å². The number of anilines is 1. The highest BCUT2D eigenvalue weighted by Crippen LogP contribution is 2.36. The fraction of sp³-hybridized carbons (Fsp3) is 0.261. The summed E-state index contributed by atoms with van der Waals surface area (Å²) in [6.45, 7) is 4.93. The second-order valence-corrected chi connectivity index (χ2v) is 7.41. The van der Waals surface area contributed by atoms with Crippen LogP contribution in [0.2, 0.25) is 0 Å². The molecule has 144 valence electrons. The fourth-order valence-corrected chi connectivity index (χ4v) is 3.81. The maximum atomic E-state index is 14.5. The number of aromatic nitrogens is 1. The molecule has 2 heterocycles. The van der Waals surface area contributed by atoms with E-state index in [0.29, 0.717) is 28.7 Å². The number of benzene rings is 2. The van der Waals surface area contributed by atoms with E-state index in [1.54, 1.807) is 24.3 Å². The number of halogens is 2. The average Bonchev–Trinajstić information content (AvgIpc) is 3.11. The minimum Gasteiger partial charge on any atom is -0.507 e. The van der Waals surface area contributed by atoms with Gasteiger partial charge in [0, 0.05) is 23.7 Å². The number of aromatic hydroxyl groups is 1. The largest absolute Gasteiger partial charge is 0.507 e. The van der Waals surface area contributed by atoms with Crippen molar-refractivity contribution in [2.75, 3.05) is 11.4 Å². The summed E-state index contributed by atoms with van der Waals surface area (Å²) in [4.78, 5) is 6.94. The van der Waals surface area contributed by atoms with E-state index in [2.05, 4.69) is 11.8 Å². The Kier molecular flexibility index (Phi) is 4.75. The van der Waals surface area contributed by atoms with Gasteiger partial charge < -0.3 is 10.0 Å². The highest BCUT2D eigenvalue weighted by Gasteiger charge is 2.24. The third-order valence-electron chi connectivity index (χ3n) is 5.35. The Morgan fingerprint density at radius 2 is 1.89 bits per heavy atom. The van der Waals surface area contributed by atoms with E-state index in [1.165, 1.54) is 6.07 Å². The second kappa shape index (κ2) is 7.23. The monoisotopic (exact) mass is 380 g/mol. The summed E-state index contributed by atoms with van der Waals surface area (Å²) in [6.07, 6.45) is 2.12. The molecule has 28 heavy (non-hydrogen) atoms. The van der Waals surface area contributed by atoms with Crippen LogP contribution in [0.5, 0.6) is 5.75 Å². The van der Waals surface area contributed by atoms with Gasteiger partial charge in [0.05, 0.1) is 5.69 Å². The Hall–Kier alpha value is -2.95. The first-order valence-corrected chi connectivity index (χ1v) is 9.47. The van der Waals surface area contributed by atoms with Crippen LogP contribution in [-0.2, 0) is 0 Å². The number of phenols is 1. The van der Waals surface area contributed by atoms with Crippen molar-refractivity contribution in [3.63, 3.8) is 0 Å². The van der Waals surface area contributed by atoms with Crippen LogP contribution in [0.15, 0.2) is 48.5 Å². The van der Waals surface area contributed by atoms with E-state index < -0.39 is 11.6 Å². The number of phenolic OH excluding ortho intramolecular Hbond substituents is 1. The smallest absolute Gasteiger partial charge is 0.166 e. The third kappa shape index (κ3) is 3.33. The van der Waals surface area contributed by atoms with Crippen molar-refractivity contribution in [3.05, 3.63) is 65.7 Å². The molecule has 0 aliphatic carbocycles. The van der Waals surface area contributed by atoms with Crippen LogP contribution in [0.3, 0.4) is 0 Å². The van der Waals surface area contributed by atoms with Gasteiger partial charge in [-0.1, -0.05) is 23.8 Å². The van der Waals surface area contributed by atoms with Gasteiger partial charge in [-0.3, -0.25) is 0 Å². The van der Waals surface area contributed by atoms with Crippen molar-refractivity contribution in [1.82, 2.24) is 4.98 Å². The van der Waals surface area contributed by atoms with Gasteiger partial charge in [0.25, 0.3) is 0 Å². The topological polar surface area (TPSA) is 36.4 Å². The Bertz CT molecular complexity index is 1010. The molecule has 2 aromatic carbocycles. The molecule has 1 aromatic heterocycles. The molecule has 0 saturated carbocycles. The lowest BCUT2D eigenvalue weighted by atomic mass is 10.0. The van der Waals surface area contributed by atoms with Gasteiger partial charge in [0.15, 0.2) is 11.6 Å². The predicted molar refractivity (Wildman–Crippen MR) is 107 cm³/mol. The number of hydrogen-bond acceptors (Lipinski definition) is 3. The molecule has 1 fully saturated rings. The molecular formula is C23H22F2N2O. The number of hydrogen-bond donors (Lipinski definition) is 1. The van der Waals surface area contributed by atoms with Crippen molar-refractivity contribution >= 4 is 5.82 Å². The molecule has 3 aromatic rings. The van der Waals surface area contributed by atoms with Gasteiger partial charge in [-0.05, 0) is 62.6 Å². The molecule has 1 atom stereocenters. The number of aryl methyl sites for hydroxylation is 1. The summed E-state index contributed by atoms with van der Waals surface area (Å²) in [5.74, 6) is -0.948. The molecule has 1 saturated heterocycles. The molecular weight excluding hydrogens is 358 g/mol. The van der Waals surface area contributed by atoms with Crippen LogP contribution in [0.1, 0.15) is 25.3 Å². The van der Waals surface area contributed by atoms with Crippen molar-refractivity contribution in [3.8, 4) is 28.1 Å². The van der Waals surface area contributed by atoms with Crippen LogP contribution < -0.4 is 4.90 Å². The first-order chi connectivity index (χ1) is 13.4. The minimum atomic E-state index is -0.884. The molecule has 5 heteroatoms. The van der Waals surface area contributed by atoms with Crippen LogP contribution in [-0.4, -0.2) is 22.7 Å². The summed E-state index contributed by atoms with van der Waals surface area (Å²) >= 11 is 0. The van der Waals surface area contributed by atoms with Crippen molar-refractivity contribution in [2.45, 2.75) is 32.7 Å². The molecule has 3 nitrogen and oxygen atoms in total. The molecule has 1 aliphatic rings. The number of nitrogens with zero attached hydrogens (tertiary/aromatic N) is 2.